The van der Waals surface area contributed by atoms with Gasteiger partial charge >= 0.3 is 0 Å². The highest BCUT2D eigenvalue weighted by atomic mass is 32.2. The average molecular weight is 553 g/mol. The number of fused-ring (bicyclic) bond motifs is 1. The van der Waals surface area contributed by atoms with Crippen LogP contribution >= 0.6 is 11.3 Å². The third-order valence-electron chi connectivity index (χ3n) is 7.42. The summed E-state index contributed by atoms with van der Waals surface area (Å²) in [6.07, 6.45) is 0.778. The number of carbonyl (C=O) groups is 1. The molecule has 1 aromatic heterocycles. The molecule has 7 heteroatoms. The minimum Gasteiger partial charge on any atom is -0.330 e. The highest BCUT2D eigenvalue weighted by Gasteiger charge is 2.37. The molecular weight excluding hydrogens is 512 g/mol. The molecule has 2 aromatic carbocycles. The van der Waals surface area contributed by atoms with Gasteiger partial charge in [0.05, 0.1) is 17.5 Å². The van der Waals surface area contributed by atoms with Gasteiger partial charge in [-0.1, -0.05) is 62.7 Å². The summed E-state index contributed by atoms with van der Waals surface area (Å²) in [5.41, 5.74) is 5.90. The number of carbonyl (C=O) groups excluding carboxylic acids is 1. The second kappa shape index (κ2) is 10.6. The summed E-state index contributed by atoms with van der Waals surface area (Å²) in [4.78, 5) is 17.4. The van der Waals surface area contributed by atoms with Gasteiger partial charge in [-0.3, -0.25) is 4.79 Å². The third-order valence-corrected chi connectivity index (χ3v) is 10.7. The maximum absolute atomic E-state index is 14.0. The first kappa shape index (κ1) is 28.5. The lowest BCUT2D eigenvalue weighted by Crippen LogP contribution is -2.48. The highest BCUT2D eigenvalue weighted by Crippen LogP contribution is 2.39. The van der Waals surface area contributed by atoms with E-state index in [1.807, 2.05) is 51.7 Å². The lowest BCUT2D eigenvalue weighted by atomic mass is 9.85. The smallest absolute Gasteiger partial charge is 0.244 e. The Hall–Kier alpha value is -2.48. The molecule has 1 aliphatic heterocycles. The topological polar surface area (TPSA) is 57.7 Å². The van der Waals surface area contributed by atoms with Gasteiger partial charge in [-0.25, -0.2) is 8.42 Å². The van der Waals surface area contributed by atoms with Crippen LogP contribution in [0.1, 0.15) is 78.9 Å². The molecule has 0 bridgehead atoms. The van der Waals surface area contributed by atoms with Gasteiger partial charge in [0.25, 0.3) is 0 Å². The fourth-order valence-corrected chi connectivity index (χ4v) is 8.48. The van der Waals surface area contributed by atoms with Gasteiger partial charge in [-0.2, -0.15) is 4.31 Å². The Kier molecular flexibility index (Phi) is 7.95. The van der Waals surface area contributed by atoms with Crippen LogP contribution in [0, 0.1) is 20.8 Å². The summed E-state index contributed by atoms with van der Waals surface area (Å²) < 4.78 is 29.2. The van der Waals surface area contributed by atoms with Crippen LogP contribution in [0.4, 0.5) is 0 Å². The zero-order chi connectivity index (χ0) is 28.0. The van der Waals surface area contributed by atoms with Crippen LogP contribution in [0.5, 0.6) is 0 Å². The Labute approximate surface area is 232 Å². The van der Waals surface area contributed by atoms with E-state index in [1.54, 1.807) is 11.3 Å². The maximum Gasteiger partial charge on any atom is 0.244 e. The van der Waals surface area contributed by atoms with Crippen molar-refractivity contribution in [3.05, 3.63) is 86.1 Å². The van der Waals surface area contributed by atoms with Crippen molar-refractivity contribution in [2.45, 2.75) is 84.2 Å². The van der Waals surface area contributed by atoms with E-state index in [0.29, 0.717) is 22.6 Å². The lowest BCUT2D eigenvalue weighted by molar-refractivity contribution is -0.133. The van der Waals surface area contributed by atoms with Gasteiger partial charge in [0.2, 0.25) is 15.9 Å². The molecule has 3 aromatic rings. The largest absolute Gasteiger partial charge is 0.330 e. The summed E-state index contributed by atoms with van der Waals surface area (Å²) in [7, 11) is -3.88. The lowest BCUT2D eigenvalue weighted by Gasteiger charge is -2.38. The van der Waals surface area contributed by atoms with Crippen LogP contribution in [0.25, 0.3) is 0 Å². The summed E-state index contributed by atoms with van der Waals surface area (Å²) >= 11 is 1.73. The maximum atomic E-state index is 14.0. The third kappa shape index (κ3) is 5.47. The molecule has 0 aliphatic carbocycles. The van der Waals surface area contributed by atoms with Crippen LogP contribution in [0.15, 0.2) is 52.7 Å². The van der Waals surface area contributed by atoms with Crippen molar-refractivity contribution < 1.29 is 13.2 Å². The molecule has 0 N–H and O–H groups in total. The number of hydrogen-bond donors (Lipinski definition) is 0. The molecule has 38 heavy (non-hydrogen) atoms. The zero-order valence-electron chi connectivity index (χ0n) is 23.8. The van der Waals surface area contributed by atoms with Crippen molar-refractivity contribution in [2.24, 2.45) is 0 Å². The normalized spacial score (nSPS) is 16.3. The van der Waals surface area contributed by atoms with Crippen molar-refractivity contribution >= 4 is 27.3 Å². The van der Waals surface area contributed by atoms with Crippen molar-refractivity contribution in [3.8, 4) is 0 Å². The van der Waals surface area contributed by atoms with Crippen LogP contribution in [0.2, 0.25) is 0 Å². The monoisotopic (exact) mass is 552 g/mol. The van der Waals surface area contributed by atoms with Crippen LogP contribution in [-0.2, 0) is 26.7 Å². The van der Waals surface area contributed by atoms with Gasteiger partial charge in [-0.15, -0.1) is 11.3 Å². The molecule has 5 nitrogen and oxygen atoms in total. The molecule has 4 rings (SSSR count). The Balaban J connectivity index is 1.70. The van der Waals surface area contributed by atoms with E-state index in [0.717, 1.165) is 23.1 Å². The van der Waals surface area contributed by atoms with Crippen LogP contribution in [-0.4, -0.2) is 42.7 Å². The number of sulfonamides is 1. The van der Waals surface area contributed by atoms with Crippen molar-refractivity contribution in [1.82, 2.24) is 9.21 Å². The van der Waals surface area contributed by atoms with E-state index in [2.05, 4.69) is 56.5 Å². The molecule has 1 amide bonds. The van der Waals surface area contributed by atoms with Gasteiger partial charge in [0.1, 0.15) is 0 Å². The van der Waals surface area contributed by atoms with E-state index in [9.17, 15) is 13.2 Å². The Morgan fingerprint density at radius 3 is 2.21 bits per heavy atom. The molecule has 0 radical (unpaired) electrons. The van der Waals surface area contributed by atoms with Crippen molar-refractivity contribution in [2.75, 3.05) is 13.1 Å². The first-order valence-corrected chi connectivity index (χ1v) is 15.6. The summed E-state index contributed by atoms with van der Waals surface area (Å²) in [6.45, 7) is 16.2. The van der Waals surface area contributed by atoms with Gasteiger partial charge in [0, 0.05) is 17.5 Å². The summed E-state index contributed by atoms with van der Waals surface area (Å²) in [5.74, 6) is -0.175. The minimum atomic E-state index is -3.88. The number of thiophene rings is 1. The number of benzene rings is 2. The first-order valence-electron chi connectivity index (χ1n) is 13.3. The quantitative estimate of drug-likeness (QED) is 0.349. The first-order chi connectivity index (χ1) is 17.7. The molecule has 0 fully saturated rings. The Bertz CT molecular complexity index is 1410. The predicted octanol–water partition coefficient (Wildman–Crippen LogP) is 6.54. The molecular formula is C31H40N2O3S2. The van der Waals surface area contributed by atoms with Gasteiger partial charge < -0.3 is 4.90 Å². The van der Waals surface area contributed by atoms with Crippen LogP contribution < -0.4 is 0 Å². The number of nitrogens with zero attached hydrogens (tertiary/aromatic N) is 2. The molecule has 204 valence electrons. The molecule has 2 heterocycles. The van der Waals surface area contributed by atoms with Crippen molar-refractivity contribution in [3.63, 3.8) is 0 Å². The van der Waals surface area contributed by atoms with E-state index in [-0.39, 0.29) is 30.0 Å². The molecule has 1 aliphatic rings. The number of amides is 1. The number of aryl methyl sites for hydroxylation is 3. The van der Waals surface area contributed by atoms with E-state index in [1.165, 1.54) is 14.7 Å². The molecule has 0 saturated carbocycles. The van der Waals surface area contributed by atoms with Crippen LogP contribution in [0.3, 0.4) is 0 Å². The molecule has 0 spiro atoms. The molecule has 1 atom stereocenters. The average Bonchev–Trinajstić information content (AvgIpc) is 3.29. The van der Waals surface area contributed by atoms with E-state index in [4.69, 9.17) is 0 Å². The van der Waals surface area contributed by atoms with Gasteiger partial charge in [0.15, 0.2) is 0 Å². The Morgan fingerprint density at radius 1 is 1.05 bits per heavy atom. The highest BCUT2D eigenvalue weighted by molar-refractivity contribution is 7.89. The fraction of sp³-hybridized carbons (Fsp3) is 0.452. The second-order valence-corrected chi connectivity index (χ2v) is 14.6. The zero-order valence-corrected chi connectivity index (χ0v) is 25.5. The van der Waals surface area contributed by atoms with Crippen molar-refractivity contribution in [1.29, 1.82) is 0 Å². The number of rotatable bonds is 6. The van der Waals surface area contributed by atoms with Gasteiger partial charge in [-0.05, 0) is 85.7 Å². The summed E-state index contributed by atoms with van der Waals surface area (Å²) in [6, 6.07) is 13.8. The van der Waals surface area contributed by atoms with E-state index >= 15 is 0 Å². The summed E-state index contributed by atoms with van der Waals surface area (Å²) in [5, 5.41) is 2.09. The minimum absolute atomic E-state index is 0.0342. The predicted molar refractivity (Wildman–Crippen MR) is 156 cm³/mol. The fourth-order valence-electron chi connectivity index (χ4n) is 5.57. The second-order valence-electron chi connectivity index (χ2n) is 11.8. The standard InChI is InChI=1S/C31H40N2O3S2/c1-20(2)33(38(35,36)30-22(4)17-21(3)18-23(30)5)19-28(34)32-15-13-27-26(14-16-37-27)29(32)24-9-11-25(12-10-24)31(6,7)8/h9-12,14,16-18,20,29H,13,15,19H2,1-8H3/t29-/m0/s1. The van der Waals surface area contributed by atoms with E-state index < -0.39 is 10.0 Å². The molecule has 0 unspecified atom stereocenters. The number of hydrogen-bond acceptors (Lipinski definition) is 4. The SMILES string of the molecule is Cc1cc(C)c(S(=O)(=O)N(CC(=O)N2CCc3sccc3[C@@H]2c2ccc(C(C)(C)C)cc2)C(C)C)c(C)c1. The Morgan fingerprint density at radius 2 is 1.66 bits per heavy atom. The molecule has 0 saturated heterocycles.